The Balaban J connectivity index is 0.00000324. The molecule has 0 aliphatic carbocycles. The number of nitrogens with two attached hydrogens (primary N) is 1. The number of alkyl halides is 3. The van der Waals surface area contributed by atoms with Crippen LogP contribution in [0.3, 0.4) is 0 Å². The molecular weight excluding hydrogens is 281 g/mol. The van der Waals surface area contributed by atoms with E-state index in [0.29, 0.717) is 6.42 Å². The summed E-state index contributed by atoms with van der Waals surface area (Å²) in [6.07, 6.45) is -3.20. The van der Waals surface area contributed by atoms with Crippen LogP contribution in [0.15, 0.2) is 24.3 Å². The van der Waals surface area contributed by atoms with Crippen LogP contribution in [0.5, 0.6) is 0 Å². The molecular formula is C12H16ClF3N2O. The predicted octanol–water partition coefficient (Wildman–Crippen LogP) is 3.19. The Morgan fingerprint density at radius 2 is 2.05 bits per heavy atom. The molecule has 0 saturated carbocycles. The molecule has 0 radical (unpaired) electrons. The van der Waals surface area contributed by atoms with Gasteiger partial charge in [0.2, 0.25) is 5.91 Å². The minimum Gasteiger partial charge on any atom is -0.325 e. The largest absolute Gasteiger partial charge is 0.416 e. The molecule has 108 valence electrons. The molecule has 7 heteroatoms. The average Bonchev–Trinajstić information content (AvgIpc) is 2.28. The van der Waals surface area contributed by atoms with Gasteiger partial charge in [-0.2, -0.15) is 13.2 Å². The predicted molar refractivity (Wildman–Crippen MR) is 70.2 cm³/mol. The van der Waals surface area contributed by atoms with Gasteiger partial charge in [-0.25, -0.2) is 0 Å². The molecule has 0 aromatic heterocycles. The highest BCUT2D eigenvalue weighted by Crippen LogP contribution is 2.30. The summed E-state index contributed by atoms with van der Waals surface area (Å²) >= 11 is 0. The van der Waals surface area contributed by atoms with E-state index in [1.54, 1.807) is 0 Å². The molecule has 19 heavy (non-hydrogen) atoms. The zero-order valence-electron chi connectivity index (χ0n) is 10.3. The van der Waals surface area contributed by atoms with E-state index in [0.717, 1.165) is 18.6 Å². The van der Waals surface area contributed by atoms with E-state index in [1.807, 2.05) is 6.92 Å². The molecule has 1 aromatic carbocycles. The van der Waals surface area contributed by atoms with Gasteiger partial charge in [0.1, 0.15) is 0 Å². The average molecular weight is 297 g/mol. The van der Waals surface area contributed by atoms with Gasteiger partial charge in [-0.05, 0) is 24.6 Å². The van der Waals surface area contributed by atoms with Crippen LogP contribution in [0.25, 0.3) is 0 Å². The van der Waals surface area contributed by atoms with Crippen molar-refractivity contribution in [1.29, 1.82) is 0 Å². The molecule has 1 aromatic rings. The first-order chi connectivity index (χ1) is 8.34. The Kier molecular flexibility index (Phi) is 6.86. The lowest BCUT2D eigenvalue weighted by Gasteiger charge is -2.13. The summed E-state index contributed by atoms with van der Waals surface area (Å²) in [5.74, 6) is -0.476. The van der Waals surface area contributed by atoms with Crippen molar-refractivity contribution in [3.8, 4) is 0 Å². The second-order valence-electron chi connectivity index (χ2n) is 3.96. The van der Waals surface area contributed by atoms with Crippen LogP contribution in [-0.4, -0.2) is 11.9 Å². The van der Waals surface area contributed by atoms with E-state index in [1.165, 1.54) is 12.1 Å². The maximum absolute atomic E-state index is 12.4. The van der Waals surface area contributed by atoms with Crippen molar-refractivity contribution in [3.63, 3.8) is 0 Å². The van der Waals surface area contributed by atoms with Crippen LogP contribution in [0.1, 0.15) is 25.3 Å². The lowest BCUT2D eigenvalue weighted by atomic mass is 10.1. The normalized spacial score (nSPS) is 12.5. The highest BCUT2D eigenvalue weighted by molar-refractivity contribution is 5.94. The molecule has 3 nitrogen and oxygen atoms in total. The van der Waals surface area contributed by atoms with Crippen molar-refractivity contribution in [2.75, 3.05) is 5.32 Å². The summed E-state index contributed by atoms with van der Waals surface area (Å²) in [5, 5.41) is 2.38. The monoisotopic (exact) mass is 296 g/mol. The quantitative estimate of drug-likeness (QED) is 0.896. The summed E-state index contributed by atoms with van der Waals surface area (Å²) in [7, 11) is 0. The van der Waals surface area contributed by atoms with Gasteiger partial charge in [0, 0.05) is 5.69 Å². The summed E-state index contributed by atoms with van der Waals surface area (Å²) in [5.41, 5.74) is 4.86. The van der Waals surface area contributed by atoms with Crippen LogP contribution < -0.4 is 11.1 Å². The molecule has 0 bridgehead atoms. The second kappa shape index (κ2) is 7.35. The number of nitrogens with one attached hydrogen (secondary N) is 1. The molecule has 1 atom stereocenters. The topological polar surface area (TPSA) is 55.1 Å². The summed E-state index contributed by atoms with van der Waals surface area (Å²) in [4.78, 5) is 11.5. The van der Waals surface area contributed by atoms with Crippen molar-refractivity contribution < 1.29 is 18.0 Å². The standard InChI is InChI=1S/C12H15F3N2O.ClH/c1-2-4-10(16)11(18)17-9-6-3-5-8(7-9)12(13,14)15;/h3,5-7,10H,2,4,16H2,1H3,(H,17,18);1H. The molecule has 0 aliphatic heterocycles. The van der Waals surface area contributed by atoms with Crippen molar-refractivity contribution in [1.82, 2.24) is 0 Å². The number of carbonyl (C=O) groups is 1. The zero-order valence-corrected chi connectivity index (χ0v) is 11.1. The maximum Gasteiger partial charge on any atom is 0.416 e. The minimum atomic E-state index is -4.42. The van der Waals surface area contributed by atoms with Crippen LogP contribution >= 0.6 is 12.4 Å². The van der Waals surface area contributed by atoms with Crippen molar-refractivity contribution in [2.45, 2.75) is 32.0 Å². The van der Waals surface area contributed by atoms with Gasteiger partial charge in [0.05, 0.1) is 11.6 Å². The second-order valence-corrected chi connectivity index (χ2v) is 3.96. The number of halogens is 4. The fraction of sp³-hybridized carbons (Fsp3) is 0.417. The van der Waals surface area contributed by atoms with Crippen LogP contribution in [0.2, 0.25) is 0 Å². The van der Waals surface area contributed by atoms with E-state index in [4.69, 9.17) is 5.73 Å². The van der Waals surface area contributed by atoms with Crippen molar-refractivity contribution in [2.24, 2.45) is 5.73 Å². The Bertz CT molecular complexity index is 424. The van der Waals surface area contributed by atoms with Crippen LogP contribution in [0.4, 0.5) is 18.9 Å². The Morgan fingerprint density at radius 3 is 2.58 bits per heavy atom. The molecule has 1 unspecified atom stereocenters. The highest BCUT2D eigenvalue weighted by atomic mass is 35.5. The zero-order chi connectivity index (χ0) is 13.8. The van der Waals surface area contributed by atoms with E-state index in [9.17, 15) is 18.0 Å². The summed E-state index contributed by atoms with van der Waals surface area (Å²) in [6, 6.07) is 3.76. The fourth-order valence-electron chi connectivity index (χ4n) is 1.45. The van der Waals surface area contributed by atoms with Gasteiger partial charge in [-0.3, -0.25) is 4.79 Å². The third-order valence-electron chi connectivity index (χ3n) is 2.39. The lowest BCUT2D eigenvalue weighted by Crippen LogP contribution is -2.35. The third kappa shape index (κ3) is 5.48. The minimum absolute atomic E-state index is 0. The number of hydrogen-bond donors (Lipinski definition) is 2. The van der Waals surface area contributed by atoms with Crippen LogP contribution in [-0.2, 0) is 11.0 Å². The van der Waals surface area contributed by atoms with E-state index in [2.05, 4.69) is 5.32 Å². The number of hydrogen-bond acceptors (Lipinski definition) is 2. The third-order valence-corrected chi connectivity index (χ3v) is 2.39. The first-order valence-corrected chi connectivity index (χ1v) is 5.58. The van der Waals surface area contributed by atoms with Gasteiger partial charge < -0.3 is 11.1 Å². The highest BCUT2D eigenvalue weighted by Gasteiger charge is 2.30. The first kappa shape index (κ1) is 17.7. The van der Waals surface area contributed by atoms with Crippen molar-refractivity contribution in [3.05, 3.63) is 29.8 Å². The van der Waals surface area contributed by atoms with E-state index >= 15 is 0 Å². The Hall–Kier alpha value is -1.27. The first-order valence-electron chi connectivity index (χ1n) is 5.58. The van der Waals surface area contributed by atoms with Gasteiger partial charge in [-0.15, -0.1) is 12.4 Å². The fourth-order valence-corrected chi connectivity index (χ4v) is 1.45. The molecule has 0 heterocycles. The molecule has 0 spiro atoms. The number of anilines is 1. The molecule has 1 amide bonds. The summed E-state index contributed by atoms with van der Waals surface area (Å²) < 4.78 is 37.3. The van der Waals surface area contributed by atoms with Gasteiger partial charge in [-0.1, -0.05) is 19.4 Å². The Morgan fingerprint density at radius 1 is 1.42 bits per heavy atom. The van der Waals surface area contributed by atoms with Crippen LogP contribution in [0, 0.1) is 0 Å². The number of carbonyl (C=O) groups excluding carboxylic acids is 1. The van der Waals surface area contributed by atoms with Gasteiger partial charge in [0.15, 0.2) is 0 Å². The van der Waals surface area contributed by atoms with Gasteiger partial charge in [0.25, 0.3) is 0 Å². The van der Waals surface area contributed by atoms with E-state index in [-0.39, 0.29) is 18.1 Å². The molecule has 3 N–H and O–H groups in total. The number of amides is 1. The Labute approximate surface area is 115 Å². The molecule has 1 rings (SSSR count). The number of rotatable bonds is 4. The van der Waals surface area contributed by atoms with Gasteiger partial charge >= 0.3 is 6.18 Å². The molecule has 0 saturated heterocycles. The SMILES string of the molecule is CCCC(N)C(=O)Nc1cccc(C(F)(F)F)c1.Cl. The van der Waals surface area contributed by atoms with Crippen molar-refractivity contribution >= 4 is 24.0 Å². The lowest BCUT2D eigenvalue weighted by molar-refractivity contribution is -0.137. The maximum atomic E-state index is 12.4. The summed E-state index contributed by atoms with van der Waals surface area (Å²) in [6.45, 7) is 1.87. The smallest absolute Gasteiger partial charge is 0.325 e. The number of benzene rings is 1. The van der Waals surface area contributed by atoms with E-state index < -0.39 is 23.7 Å². The molecule has 0 fully saturated rings. The molecule has 0 aliphatic rings.